The van der Waals surface area contributed by atoms with E-state index in [1.165, 1.54) is 6.07 Å². The second-order valence-corrected chi connectivity index (χ2v) is 5.58. The molecule has 1 aliphatic rings. The molecule has 3 nitrogen and oxygen atoms in total. The van der Waals surface area contributed by atoms with Crippen molar-refractivity contribution in [3.05, 3.63) is 35.6 Å². The van der Waals surface area contributed by atoms with Gasteiger partial charge in [0.15, 0.2) is 0 Å². The maximum atomic E-state index is 13.6. The van der Waals surface area contributed by atoms with Crippen LogP contribution in [0.1, 0.15) is 31.2 Å². The molecule has 1 aromatic carbocycles. The number of halogens is 1. The van der Waals surface area contributed by atoms with Gasteiger partial charge in [0.25, 0.3) is 0 Å². The average molecular weight is 279 g/mol. The predicted octanol–water partition coefficient (Wildman–Crippen LogP) is 2.95. The predicted molar refractivity (Wildman–Crippen MR) is 76.1 cm³/mol. The van der Waals surface area contributed by atoms with Crippen molar-refractivity contribution in [2.45, 2.75) is 32.1 Å². The molecule has 20 heavy (non-hydrogen) atoms. The molecule has 1 fully saturated rings. The van der Waals surface area contributed by atoms with Gasteiger partial charge in [-0.25, -0.2) is 4.39 Å². The zero-order valence-corrected chi connectivity index (χ0v) is 11.7. The van der Waals surface area contributed by atoms with E-state index < -0.39 is 5.97 Å². The van der Waals surface area contributed by atoms with Gasteiger partial charge in [0.05, 0.1) is 6.42 Å². The van der Waals surface area contributed by atoms with E-state index in [2.05, 4.69) is 4.90 Å². The van der Waals surface area contributed by atoms with Gasteiger partial charge in [0, 0.05) is 13.1 Å². The molecule has 1 aromatic rings. The van der Waals surface area contributed by atoms with Crippen LogP contribution in [0.2, 0.25) is 0 Å². The molecule has 0 unspecified atom stereocenters. The Morgan fingerprint density at radius 1 is 1.40 bits per heavy atom. The Kier molecular flexibility index (Phi) is 5.53. The Morgan fingerprint density at radius 2 is 2.20 bits per heavy atom. The fourth-order valence-corrected chi connectivity index (χ4v) is 2.90. The first kappa shape index (κ1) is 15.0. The summed E-state index contributed by atoms with van der Waals surface area (Å²) in [5.74, 6) is -0.304. The molecule has 0 bridgehead atoms. The molecule has 110 valence electrons. The second kappa shape index (κ2) is 7.39. The van der Waals surface area contributed by atoms with E-state index in [-0.39, 0.29) is 12.2 Å². The molecule has 0 spiro atoms. The molecule has 1 atom stereocenters. The molecule has 2 rings (SSSR count). The van der Waals surface area contributed by atoms with E-state index in [4.69, 9.17) is 5.11 Å². The average Bonchev–Trinajstić information content (AvgIpc) is 2.45. The first-order valence-electron chi connectivity index (χ1n) is 7.32. The number of aryl methyl sites for hydroxylation is 1. The van der Waals surface area contributed by atoms with E-state index in [1.807, 2.05) is 12.1 Å². The highest BCUT2D eigenvalue weighted by atomic mass is 19.1. The lowest BCUT2D eigenvalue weighted by Gasteiger charge is -2.32. The fourth-order valence-electron chi connectivity index (χ4n) is 2.90. The Labute approximate surface area is 119 Å². The quantitative estimate of drug-likeness (QED) is 0.870. The smallest absolute Gasteiger partial charge is 0.304 e. The van der Waals surface area contributed by atoms with Gasteiger partial charge in [-0.3, -0.25) is 4.79 Å². The molecule has 1 saturated heterocycles. The number of hydrogen-bond acceptors (Lipinski definition) is 2. The third kappa shape index (κ3) is 4.60. The highest BCUT2D eigenvalue weighted by Crippen LogP contribution is 2.22. The monoisotopic (exact) mass is 279 g/mol. The third-order valence-corrected chi connectivity index (χ3v) is 4.02. The zero-order valence-electron chi connectivity index (χ0n) is 11.7. The number of nitrogens with zero attached hydrogens (tertiary/aromatic N) is 1. The summed E-state index contributed by atoms with van der Waals surface area (Å²) >= 11 is 0. The van der Waals surface area contributed by atoms with Crippen LogP contribution in [0.4, 0.5) is 4.39 Å². The normalized spacial score (nSPS) is 19.9. The summed E-state index contributed by atoms with van der Waals surface area (Å²) in [6, 6.07) is 6.95. The molecule has 1 aliphatic heterocycles. The maximum Gasteiger partial charge on any atom is 0.304 e. The summed E-state index contributed by atoms with van der Waals surface area (Å²) < 4.78 is 13.6. The number of hydrogen-bond donors (Lipinski definition) is 1. The summed E-state index contributed by atoms with van der Waals surface area (Å²) in [6.07, 6.45) is 4.23. The van der Waals surface area contributed by atoms with Crippen LogP contribution in [-0.2, 0) is 11.2 Å². The van der Waals surface area contributed by atoms with Gasteiger partial charge in [-0.15, -0.1) is 0 Å². The summed E-state index contributed by atoms with van der Waals surface area (Å²) in [6.45, 7) is 2.57. The highest BCUT2D eigenvalue weighted by Gasteiger charge is 2.20. The lowest BCUT2D eigenvalue weighted by molar-refractivity contribution is -0.137. The maximum absolute atomic E-state index is 13.6. The van der Waals surface area contributed by atoms with Crippen molar-refractivity contribution < 1.29 is 14.3 Å². The third-order valence-electron chi connectivity index (χ3n) is 4.02. The van der Waals surface area contributed by atoms with Crippen molar-refractivity contribution in [1.29, 1.82) is 0 Å². The van der Waals surface area contributed by atoms with Crippen molar-refractivity contribution >= 4 is 5.97 Å². The molecular formula is C16H22FNO2. The second-order valence-electron chi connectivity index (χ2n) is 5.58. The van der Waals surface area contributed by atoms with Crippen molar-refractivity contribution in [2.24, 2.45) is 5.92 Å². The molecule has 1 N–H and O–H groups in total. The summed E-state index contributed by atoms with van der Waals surface area (Å²) in [5, 5.41) is 8.72. The van der Waals surface area contributed by atoms with Gasteiger partial charge in [-0.05, 0) is 49.8 Å². The largest absolute Gasteiger partial charge is 0.481 e. The lowest BCUT2D eigenvalue weighted by atomic mass is 9.91. The van der Waals surface area contributed by atoms with Crippen LogP contribution < -0.4 is 0 Å². The van der Waals surface area contributed by atoms with Crippen molar-refractivity contribution in [3.8, 4) is 0 Å². The Morgan fingerprint density at radius 3 is 2.95 bits per heavy atom. The highest BCUT2D eigenvalue weighted by molar-refractivity contribution is 5.66. The van der Waals surface area contributed by atoms with Crippen LogP contribution in [0.25, 0.3) is 0 Å². The Bertz CT molecular complexity index is 450. The topological polar surface area (TPSA) is 40.5 Å². The number of likely N-dealkylation sites (tertiary alicyclic amines) is 1. The number of rotatable bonds is 6. The standard InChI is InChI=1S/C16H22FNO2/c17-15-6-2-1-5-14(15)8-7-13-4-3-10-18(12-13)11-9-16(19)20/h1-2,5-6,13H,3-4,7-12H2,(H,19,20)/t13-/m1/s1. The molecule has 0 amide bonds. The van der Waals surface area contributed by atoms with E-state index >= 15 is 0 Å². The SMILES string of the molecule is O=C(O)CCN1CCC[C@H](CCc2ccccc2F)C1. The minimum Gasteiger partial charge on any atom is -0.481 e. The first-order chi connectivity index (χ1) is 9.65. The van der Waals surface area contributed by atoms with E-state index in [0.29, 0.717) is 12.5 Å². The lowest BCUT2D eigenvalue weighted by Crippen LogP contribution is -2.36. The van der Waals surface area contributed by atoms with E-state index in [9.17, 15) is 9.18 Å². The fraction of sp³-hybridized carbons (Fsp3) is 0.562. The summed E-state index contributed by atoms with van der Waals surface area (Å²) in [5.41, 5.74) is 0.787. The minimum atomic E-state index is -0.738. The van der Waals surface area contributed by atoms with E-state index in [0.717, 1.165) is 44.3 Å². The number of piperidine rings is 1. The van der Waals surface area contributed by atoms with Crippen LogP contribution in [-0.4, -0.2) is 35.6 Å². The minimum absolute atomic E-state index is 0.119. The van der Waals surface area contributed by atoms with Gasteiger partial charge < -0.3 is 10.0 Å². The van der Waals surface area contributed by atoms with Crippen molar-refractivity contribution in [1.82, 2.24) is 4.90 Å². The van der Waals surface area contributed by atoms with Gasteiger partial charge in [0.1, 0.15) is 5.82 Å². The zero-order chi connectivity index (χ0) is 14.4. The van der Waals surface area contributed by atoms with Gasteiger partial charge in [-0.2, -0.15) is 0 Å². The Balaban J connectivity index is 1.78. The number of carboxylic acid groups (broad SMARTS) is 1. The van der Waals surface area contributed by atoms with Gasteiger partial charge in [-0.1, -0.05) is 18.2 Å². The van der Waals surface area contributed by atoms with E-state index in [1.54, 1.807) is 6.07 Å². The van der Waals surface area contributed by atoms with Gasteiger partial charge in [0.2, 0.25) is 0 Å². The van der Waals surface area contributed by atoms with Crippen LogP contribution in [0, 0.1) is 11.7 Å². The first-order valence-corrected chi connectivity index (χ1v) is 7.32. The van der Waals surface area contributed by atoms with Crippen molar-refractivity contribution in [2.75, 3.05) is 19.6 Å². The Hall–Kier alpha value is -1.42. The molecular weight excluding hydrogens is 257 g/mol. The summed E-state index contributed by atoms with van der Waals surface area (Å²) in [4.78, 5) is 12.8. The van der Waals surface area contributed by atoms with Crippen LogP contribution in [0.15, 0.2) is 24.3 Å². The summed E-state index contributed by atoms with van der Waals surface area (Å²) in [7, 11) is 0. The molecule has 0 saturated carbocycles. The molecule has 0 aliphatic carbocycles. The van der Waals surface area contributed by atoms with Crippen LogP contribution in [0.3, 0.4) is 0 Å². The number of carboxylic acids is 1. The van der Waals surface area contributed by atoms with Crippen LogP contribution >= 0.6 is 0 Å². The van der Waals surface area contributed by atoms with Crippen LogP contribution in [0.5, 0.6) is 0 Å². The van der Waals surface area contributed by atoms with Crippen molar-refractivity contribution in [3.63, 3.8) is 0 Å². The number of benzene rings is 1. The molecule has 1 heterocycles. The molecule has 0 radical (unpaired) electrons. The number of aliphatic carboxylic acids is 1. The van der Waals surface area contributed by atoms with Gasteiger partial charge >= 0.3 is 5.97 Å². The molecule has 4 heteroatoms. The molecule has 0 aromatic heterocycles. The number of carbonyl (C=O) groups is 1.